The molecule has 0 aliphatic heterocycles. The highest BCUT2D eigenvalue weighted by Gasteiger charge is 2.22. The van der Waals surface area contributed by atoms with Crippen molar-refractivity contribution in [2.75, 3.05) is 6.54 Å². The molecular weight excluding hydrogens is 289 g/mol. The predicted octanol–water partition coefficient (Wildman–Crippen LogP) is 2.92. The predicted molar refractivity (Wildman–Crippen MR) is 82.3 cm³/mol. The maximum Gasteiger partial charge on any atom is 0.407 e. The third-order valence-corrected chi connectivity index (χ3v) is 2.28. The number of amides is 1. The van der Waals surface area contributed by atoms with Gasteiger partial charge in [-0.05, 0) is 32.9 Å². The van der Waals surface area contributed by atoms with E-state index < -0.39 is 29.4 Å². The average Bonchev–Trinajstić information content (AvgIpc) is 2.45. The number of aliphatic hydroxyl groups excluding tert-OH is 1. The van der Waals surface area contributed by atoms with Gasteiger partial charge in [-0.15, -0.1) is 0 Å². The lowest BCUT2D eigenvalue weighted by molar-refractivity contribution is 0.0484. The number of carbonyl (C=O) groups excluding carboxylic acids is 2. The van der Waals surface area contributed by atoms with Gasteiger partial charge in [-0.1, -0.05) is 26.0 Å². The molecule has 5 nitrogen and oxygen atoms in total. The van der Waals surface area contributed by atoms with Gasteiger partial charge < -0.3 is 15.2 Å². The Kier molecular flexibility index (Phi) is 8.34. The minimum atomic E-state index is -1.53. The van der Waals surface area contributed by atoms with Crippen molar-refractivity contribution in [3.05, 3.63) is 35.6 Å². The zero-order valence-electron chi connectivity index (χ0n) is 13.6. The van der Waals surface area contributed by atoms with Gasteiger partial charge in [-0.25, -0.2) is 9.18 Å². The Hall–Kier alpha value is -1.95. The van der Waals surface area contributed by atoms with Gasteiger partial charge in [0, 0.05) is 0 Å². The third kappa shape index (κ3) is 7.17. The maximum atomic E-state index is 13.4. The Bertz CT molecular complexity index is 497. The van der Waals surface area contributed by atoms with E-state index in [2.05, 4.69) is 5.32 Å². The first kappa shape index (κ1) is 20.1. The summed E-state index contributed by atoms with van der Waals surface area (Å²) in [5.74, 6) is -1.51. The summed E-state index contributed by atoms with van der Waals surface area (Å²) in [5.41, 5.74) is -0.893. The van der Waals surface area contributed by atoms with Crippen molar-refractivity contribution in [2.24, 2.45) is 0 Å². The molecule has 2 N–H and O–H groups in total. The molecule has 6 heteroatoms. The highest BCUT2D eigenvalue weighted by molar-refractivity contribution is 5.99. The molecule has 0 radical (unpaired) electrons. The number of aliphatic hydroxyl groups is 1. The largest absolute Gasteiger partial charge is 0.444 e. The number of ether oxygens (including phenoxy) is 1. The van der Waals surface area contributed by atoms with Crippen molar-refractivity contribution >= 4 is 11.9 Å². The topological polar surface area (TPSA) is 75.6 Å². The summed E-state index contributed by atoms with van der Waals surface area (Å²) < 4.78 is 18.3. The number of hydrogen-bond acceptors (Lipinski definition) is 4. The van der Waals surface area contributed by atoms with E-state index in [0.717, 1.165) is 6.07 Å². The second-order valence-electron chi connectivity index (χ2n) is 5.24. The highest BCUT2D eigenvalue weighted by Crippen LogP contribution is 2.10. The number of Topliss-reactive ketones (excluding diaryl/α,β-unsaturated/α-hetero) is 1. The van der Waals surface area contributed by atoms with Crippen LogP contribution in [-0.4, -0.2) is 35.2 Å². The van der Waals surface area contributed by atoms with Crippen LogP contribution < -0.4 is 5.32 Å². The molecule has 1 unspecified atom stereocenters. The highest BCUT2D eigenvalue weighted by atomic mass is 19.1. The fraction of sp³-hybridized carbons (Fsp3) is 0.500. The van der Waals surface area contributed by atoms with Crippen molar-refractivity contribution in [3.63, 3.8) is 0 Å². The van der Waals surface area contributed by atoms with E-state index in [1.54, 1.807) is 20.8 Å². The van der Waals surface area contributed by atoms with Gasteiger partial charge in [-0.3, -0.25) is 4.79 Å². The number of ketones is 1. The van der Waals surface area contributed by atoms with E-state index in [1.807, 2.05) is 13.8 Å². The summed E-state index contributed by atoms with van der Waals surface area (Å²) >= 11 is 0. The average molecular weight is 313 g/mol. The molecule has 1 aromatic rings. The molecule has 0 bridgehead atoms. The van der Waals surface area contributed by atoms with Gasteiger partial charge in [0.15, 0.2) is 5.78 Å². The molecule has 0 aliphatic rings. The van der Waals surface area contributed by atoms with Gasteiger partial charge in [0.25, 0.3) is 0 Å². The number of carbonyl (C=O) groups is 2. The summed E-state index contributed by atoms with van der Waals surface area (Å²) in [4.78, 5) is 23.1. The standard InChI is InChI=1S/C14H18FNO4.C2H6/c1-14(2,3)20-13(19)16-8-11(17)12(18)9-6-4-5-7-10(9)15;1-2/h4-7,11,17H,8H2,1-3H3,(H,16,19);1-2H3. The van der Waals surface area contributed by atoms with Crippen LogP contribution in [0.1, 0.15) is 45.0 Å². The summed E-state index contributed by atoms with van der Waals surface area (Å²) in [7, 11) is 0. The van der Waals surface area contributed by atoms with Crippen LogP contribution in [0.5, 0.6) is 0 Å². The van der Waals surface area contributed by atoms with E-state index in [1.165, 1.54) is 18.2 Å². The molecule has 0 heterocycles. The summed E-state index contributed by atoms with van der Waals surface area (Å²) in [6, 6.07) is 5.33. The van der Waals surface area contributed by atoms with Crippen LogP contribution >= 0.6 is 0 Å². The molecule has 0 fully saturated rings. The lowest BCUT2D eigenvalue weighted by atomic mass is 10.1. The summed E-state index contributed by atoms with van der Waals surface area (Å²) in [5, 5.41) is 11.9. The molecular formula is C16H24FNO4. The Morgan fingerprint density at radius 3 is 2.32 bits per heavy atom. The Labute approximate surface area is 130 Å². The smallest absolute Gasteiger partial charge is 0.407 e. The second kappa shape index (κ2) is 9.15. The first-order chi connectivity index (χ1) is 10.2. The minimum Gasteiger partial charge on any atom is -0.444 e. The van der Waals surface area contributed by atoms with Crippen LogP contribution in [0.3, 0.4) is 0 Å². The van der Waals surface area contributed by atoms with Crippen LogP contribution in [0.2, 0.25) is 0 Å². The molecule has 1 atom stereocenters. The number of nitrogens with one attached hydrogen (secondary N) is 1. The van der Waals surface area contributed by atoms with Crippen molar-refractivity contribution in [1.82, 2.24) is 5.32 Å². The van der Waals surface area contributed by atoms with E-state index in [0.29, 0.717) is 0 Å². The Balaban J connectivity index is 0.00000211. The lowest BCUT2D eigenvalue weighted by Crippen LogP contribution is -2.39. The van der Waals surface area contributed by atoms with Gasteiger partial charge in [0.05, 0.1) is 12.1 Å². The van der Waals surface area contributed by atoms with Crippen LogP contribution in [0, 0.1) is 5.82 Å². The monoisotopic (exact) mass is 313 g/mol. The number of rotatable bonds is 4. The van der Waals surface area contributed by atoms with E-state index in [9.17, 15) is 19.1 Å². The number of benzene rings is 1. The van der Waals surface area contributed by atoms with Gasteiger partial charge in [-0.2, -0.15) is 0 Å². The molecule has 0 aromatic heterocycles. The van der Waals surface area contributed by atoms with Crippen molar-refractivity contribution in [3.8, 4) is 0 Å². The normalized spacial score (nSPS) is 11.8. The molecule has 1 rings (SSSR count). The van der Waals surface area contributed by atoms with Gasteiger partial charge in [0.1, 0.15) is 17.5 Å². The number of hydrogen-bond donors (Lipinski definition) is 2. The summed E-state index contributed by atoms with van der Waals surface area (Å²) in [6.07, 6.45) is -2.28. The molecule has 0 saturated carbocycles. The fourth-order valence-electron chi connectivity index (χ4n) is 1.43. The zero-order valence-corrected chi connectivity index (χ0v) is 13.6. The van der Waals surface area contributed by atoms with E-state index in [-0.39, 0.29) is 12.1 Å². The fourth-order valence-corrected chi connectivity index (χ4v) is 1.43. The quantitative estimate of drug-likeness (QED) is 0.838. The zero-order chi connectivity index (χ0) is 17.3. The van der Waals surface area contributed by atoms with Crippen molar-refractivity contribution in [1.29, 1.82) is 0 Å². The third-order valence-electron chi connectivity index (χ3n) is 2.28. The first-order valence-electron chi connectivity index (χ1n) is 7.14. The molecule has 1 aromatic carbocycles. The lowest BCUT2D eigenvalue weighted by Gasteiger charge is -2.20. The maximum absolute atomic E-state index is 13.4. The molecule has 0 aliphatic carbocycles. The number of halogens is 1. The van der Waals surface area contributed by atoms with E-state index in [4.69, 9.17) is 4.74 Å². The minimum absolute atomic E-state index is 0.217. The van der Waals surface area contributed by atoms with Gasteiger partial charge in [0.2, 0.25) is 0 Å². The molecule has 22 heavy (non-hydrogen) atoms. The molecule has 1 amide bonds. The number of alkyl carbamates (subject to hydrolysis) is 1. The Morgan fingerprint density at radius 1 is 1.27 bits per heavy atom. The molecule has 0 saturated heterocycles. The van der Waals surface area contributed by atoms with Crippen molar-refractivity contribution in [2.45, 2.75) is 46.3 Å². The van der Waals surface area contributed by atoms with Crippen LogP contribution in [0.25, 0.3) is 0 Å². The molecule has 124 valence electrons. The summed E-state index contributed by atoms with van der Waals surface area (Å²) in [6.45, 7) is 8.72. The molecule has 0 spiro atoms. The second-order valence-corrected chi connectivity index (χ2v) is 5.24. The van der Waals surface area contributed by atoms with E-state index >= 15 is 0 Å². The SMILES string of the molecule is CC.CC(C)(C)OC(=O)NCC(O)C(=O)c1ccccc1F. The van der Waals surface area contributed by atoms with Crippen molar-refractivity contribution < 1.29 is 23.8 Å². The first-order valence-corrected chi connectivity index (χ1v) is 7.14. The van der Waals surface area contributed by atoms with Gasteiger partial charge >= 0.3 is 6.09 Å². The van der Waals surface area contributed by atoms with Crippen LogP contribution in [-0.2, 0) is 4.74 Å². The van der Waals surface area contributed by atoms with Crippen LogP contribution in [0.4, 0.5) is 9.18 Å². The van der Waals surface area contributed by atoms with Crippen LogP contribution in [0.15, 0.2) is 24.3 Å². The Morgan fingerprint density at radius 2 is 1.82 bits per heavy atom.